The van der Waals surface area contributed by atoms with Crippen LogP contribution in [0.15, 0.2) is 23.4 Å². The Morgan fingerprint density at radius 3 is 1.92 bits per heavy atom. The summed E-state index contributed by atoms with van der Waals surface area (Å²) in [6.45, 7) is 16.3. The fourth-order valence-electron chi connectivity index (χ4n) is 1.04. The third kappa shape index (κ3) is 3.15. The van der Waals surface area contributed by atoms with E-state index in [0.29, 0.717) is 5.04 Å². The molecule has 0 bridgehead atoms. The molecule has 0 nitrogen and oxygen atoms in total. The zero-order valence-corrected chi connectivity index (χ0v) is 11.2. The van der Waals surface area contributed by atoms with E-state index < -0.39 is 8.07 Å². The van der Waals surface area contributed by atoms with Crippen molar-refractivity contribution in [2.75, 3.05) is 0 Å². The van der Waals surface area contributed by atoms with E-state index in [0.717, 1.165) is 0 Å². The van der Waals surface area contributed by atoms with Crippen LogP contribution in [-0.4, -0.2) is 8.07 Å². The molecule has 0 aliphatic heterocycles. The van der Waals surface area contributed by atoms with Gasteiger partial charge in [-0.15, -0.1) is 0 Å². The van der Waals surface area contributed by atoms with Crippen LogP contribution in [0.2, 0.25) is 18.1 Å². The maximum Gasteiger partial charge on any atom is 0.0803 e. The first-order chi connectivity index (χ1) is 5.73. The van der Waals surface area contributed by atoms with Crippen molar-refractivity contribution in [2.45, 2.75) is 52.8 Å². The Kier molecular flexibility index (Phi) is 4.17. The first-order valence-corrected chi connectivity index (χ1v) is 8.03. The lowest BCUT2D eigenvalue weighted by Crippen LogP contribution is -2.38. The van der Waals surface area contributed by atoms with E-state index in [1.165, 1.54) is 0 Å². The Morgan fingerprint density at radius 2 is 1.62 bits per heavy atom. The quantitative estimate of drug-likeness (QED) is 0.449. The highest BCUT2D eigenvalue weighted by Crippen LogP contribution is 2.40. The van der Waals surface area contributed by atoms with Crippen LogP contribution in [0, 0.1) is 0 Å². The van der Waals surface area contributed by atoms with Gasteiger partial charge >= 0.3 is 0 Å². The number of hydrogen-bond donors (Lipinski definition) is 0. The summed E-state index contributed by atoms with van der Waals surface area (Å²) in [6, 6.07) is 0. The second-order valence-electron chi connectivity index (χ2n) is 5.25. The van der Waals surface area contributed by atoms with Gasteiger partial charge in [0.2, 0.25) is 0 Å². The summed E-state index contributed by atoms with van der Waals surface area (Å²) in [5.41, 5.74) is 0. The predicted molar refractivity (Wildman–Crippen MR) is 65.8 cm³/mol. The van der Waals surface area contributed by atoms with Gasteiger partial charge in [0, 0.05) is 0 Å². The maximum absolute atomic E-state index is 2.45. The molecule has 0 aromatic carbocycles. The molecule has 13 heavy (non-hydrogen) atoms. The van der Waals surface area contributed by atoms with Crippen LogP contribution in [0.3, 0.4) is 0 Å². The molecule has 0 saturated heterocycles. The van der Waals surface area contributed by atoms with Gasteiger partial charge in [-0.3, -0.25) is 0 Å². The molecule has 0 rings (SSSR count). The molecule has 1 heteroatoms. The Morgan fingerprint density at radius 1 is 1.15 bits per heavy atom. The average Bonchev–Trinajstić information content (AvgIpc) is 1.97. The Bertz CT molecular complexity index is 214. The van der Waals surface area contributed by atoms with Gasteiger partial charge in [0.1, 0.15) is 0 Å². The topological polar surface area (TPSA) is 0 Å². The highest BCUT2D eigenvalue weighted by molar-refractivity contribution is 6.86. The van der Waals surface area contributed by atoms with Crippen LogP contribution in [-0.2, 0) is 0 Å². The van der Waals surface area contributed by atoms with Crippen LogP contribution in [0.4, 0.5) is 0 Å². The summed E-state index contributed by atoms with van der Waals surface area (Å²) < 4.78 is 0. The van der Waals surface area contributed by atoms with E-state index in [1.807, 2.05) is 0 Å². The first-order valence-electron chi connectivity index (χ1n) is 5.03. The van der Waals surface area contributed by atoms with Crippen molar-refractivity contribution in [1.82, 2.24) is 0 Å². The van der Waals surface area contributed by atoms with Crippen molar-refractivity contribution >= 4 is 8.07 Å². The minimum absolute atomic E-state index is 0.454. The lowest BCUT2D eigenvalue weighted by molar-refractivity contribution is 0.724. The van der Waals surface area contributed by atoms with Gasteiger partial charge in [-0.2, -0.15) is 0 Å². The van der Waals surface area contributed by atoms with E-state index >= 15 is 0 Å². The second kappa shape index (κ2) is 4.27. The average molecular weight is 196 g/mol. The van der Waals surface area contributed by atoms with Gasteiger partial charge in [-0.05, 0) is 18.9 Å². The molecule has 0 radical (unpaired) electrons. The van der Waals surface area contributed by atoms with E-state index in [2.05, 4.69) is 65.9 Å². The van der Waals surface area contributed by atoms with Crippen LogP contribution >= 0.6 is 0 Å². The lowest BCUT2D eigenvalue weighted by Gasteiger charge is -2.37. The molecule has 0 spiro atoms. The summed E-state index contributed by atoms with van der Waals surface area (Å²) in [6.07, 6.45) is 6.52. The number of rotatable bonds is 2. The standard InChI is InChI=1S/C12H24Si/c1-8-9-10-11(2)13(6,7)12(3,4)5/h8-10H,1-7H3. The largest absolute Gasteiger partial charge is 0.0877 e. The molecule has 0 heterocycles. The van der Waals surface area contributed by atoms with Gasteiger partial charge in [-0.1, -0.05) is 57.3 Å². The zero-order chi connectivity index (χ0) is 10.7. The molecule has 0 atom stereocenters. The van der Waals surface area contributed by atoms with Crippen molar-refractivity contribution in [3.8, 4) is 0 Å². The summed E-state index contributed by atoms with van der Waals surface area (Å²) in [5, 5.41) is 2.04. The van der Waals surface area contributed by atoms with E-state index in [4.69, 9.17) is 0 Å². The summed E-state index contributed by atoms with van der Waals surface area (Å²) >= 11 is 0. The second-order valence-corrected chi connectivity index (χ2v) is 10.8. The van der Waals surface area contributed by atoms with Crippen LogP contribution < -0.4 is 0 Å². The summed E-state index contributed by atoms with van der Waals surface area (Å²) in [5.74, 6) is 0. The van der Waals surface area contributed by atoms with Crippen LogP contribution in [0.25, 0.3) is 0 Å². The normalized spacial score (nSPS) is 15.5. The summed E-state index contributed by atoms with van der Waals surface area (Å²) in [4.78, 5) is 0. The smallest absolute Gasteiger partial charge is 0.0803 e. The molecule has 0 unspecified atom stereocenters. The molecular formula is C12H24Si. The van der Waals surface area contributed by atoms with Gasteiger partial charge in [0.15, 0.2) is 0 Å². The zero-order valence-electron chi connectivity index (χ0n) is 10.2. The third-order valence-electron chi connectivity index (χ3n) is 3.40. The molecule has 0 aromatic heterocycles. The van der Waals surface area contributed by atoms with Crippen molar-refractivity contribution in [2.24, 2.45) is 0 Å². The van der Waals surface area contributed by atoms with Crippen molar-refractivity contribution in [3.05, 3.63) is 23.4 Å². The maximum atomic E-state index is 2.45. The number of allylic oxidation sites excluding steroid dienone is 4. The fourth-order valence-corrected chi connectivity index (χ4v) is 2.74. The molecular weight excluding hydrogens is 172 g/mol. The molecule has 76 valence electrons. The minimum Gasteiger partial charge on any atom is -0.0877 e. The van der Waals surface area contributed by atoms with Crippen molar-refractivity contribution in [1.29, 1.82) is 0 Å². The number of hydrogen-bond acceptors (Lipinski definition) is 0. The molecule has 0 fully saturated rings. The molecule has 0 saturated carbocycles. The molecule has 0 aliphatic rings. The van der Waals surface area contributed by atoms with Gasteiger partial charge in [0.05, 0.1) is 8.07 Å². The fraction of sp³-hybridized carbons (Fsp3) is 0.667. The van der Waals surface area contributed by atoms with Crippen molar-refractivity contribution < 1.29 is 0 Å². The van der Waals surface area contributed by atoms with Gasteiger partial charge < -0.3 is 0 Å². The molecule has 0 aromatic rings. The Hall–Kier alpha value is -0.303. The highest BCUT2D eigenvalue weighted by atomic mass is 28.3. The van der Waals surface area contributed by atoms with Crippen LogP contribution in [0.1, 0.15) is 34.6 Å². The summed E-state index contributed by atoms with van der Waals surface area (Å²) in [7, 11) is -1.24. The van der Waals surface area contributed by atoms with E-state index in [-0.39, 0.29) is 0 Å². The van der Waals surface area contributed by atoms with E-state index in [9.17, 15) is 0 Å². The van der Waals surface area contributed by atoms with Crippen molar-refractivity contribution in [3.63, 3.8) is 0 Å². The highest BCUT2D eigenvalue weighted by Gasteiger charge is 2.35. The lowest BCUT2D eigenvalue weighted by atomic mass is 10.2. The van der Waals surface area contributed by atoms with E-state index in [1.54, 1.807) is 5.20 Å². The minimum atomic E-state index is -1.24. The van der Waals surface area contributed by atoms with Crippen LogP contribution in [0.5, 0.6) is 0 Å². The Labute approximate surface area is 84.8 Å². The third-order valence-corrected chi connectivity index (χ3v) is 9.29. The SMILES string of the molecule is CC=CC=C(C)[Si](C)(C)C(C)(C)C. The first kappa shape index (κ1) is 12.7. The monoisotopic (exact) mass is 196 g/mol. The Balaban J connectivity index is 4.84. The van der Waals surface area contributed by atoms with Gasteiger partial charge in [0.25, 0.3) is 0 Å². The molecule has 0 amide bonds. The van der Waals surface area contributed by atoms with Gasteiger partial charge in [-0.25, -0.2) is 0 Å². The molecule has 0 N–H and O–H groups in total. The predicted octanol–water partition coefficient (Wildman–Crippen LogP) is 4.56. The molecule has 0 aliphatic carbocycles.